The minimum atomic E-state index is -2.88. The second kappa shape index (κ2) is 17.1. The Morgan fingerprint density at radius 2 is 1.57 bits per heavy atom. The van der Waals surface area contributed by atoms with Crippen LogP contribution in [0.15, 0.2) is 0 Å². The van der Waals surface area contributed by atoms with E-state index in [9.17, 15) is 75.3 Å². The number of amides is 2. The second-order valence-corrected chi connectivity index (χ2v) is 10.9. The van der Waals surface area contributed by atoms with Crippen molar-refractivity contribution in [3.8, 4) is 0 Å². The molecule has 0 spiro atoms. The maximum atomic E-state index is 12.4. The Labute approximate surface area is 260 Å². The van der Waals surface area contributed by atoms with E-state index in [0.717, 1.165) is 13.8 Å². The molecule has 2 fully saturated rings. The van der Waals surface area contributed by atoms with Gasteiger partial charge in [0.2, 0.25) is 11.8 Å². The van der Waals surface area contributed by atoms with E-state index in [1.165, 1.54) is 0 Å². The van der Waals surface area contributed by atoms with Crippen molar-refractivity contribution in [2.75, 3.05) is 19.8 Å². The smallest absolute Gasteiger partial charge is 0.364 e. The van der Waals surface area contributed by atoms with Crippen molar-refractivity contribution >= 4 is 24.1 Å². The predicted molar refractivity (Wildman–Crippen MR) is 143 cm³/mol. The molecule has 1 unspecified atom stereocenters. The number of hydrogen-bond acceptors (Lipinski definition) is 18. The lowest BCUT2D eigenvalue weighted by Crippen LogP contribution is -2.68. The molecule has 21 nitrogen and oxygen atoms in total. The molecule has 0 radical (unpaired) electrons. The molecule has 0 saturated carbocycles. The molecule has 2 heterocycles. The fourth-order valence-corrected chi connectivity index (χ4v) is 4.96. The molecule has 21 heteroatoms. The quantitative estimate of drug-likeness (QED) is 0.0676. The highest BCUT2D eigenvalue weighted by Gasteiger charge is 2.57. The summed E-state index contributed by atoms with van der Waals surface area (Å²) in [5, 5.41) is 117. The number of carbonyl (C=O) groups is 4. The molecule has 0 aromatic heterocycles. The highest BCUT2D eigenvalue weighted by molar-refractivity contribution is 5.77. The van der Waals surface area contributed by atoms with E-state index >= 15 is 0 Å². The van der Waals surface area contributed by atoms with Crippen LogP contribution in [0.5, 0.6) is 0 Å². The lowest BCUT2D eigenvalue weighted by Gasteiger charge is -2.47. The second-order valence-electron chi connectivity index (χ2n) is 10.9. The normalized spacial score (nSPS) is 35.6. The molecule has 266 valence electrons. The van der Waals surface area contributed by atoms with Crippen molar-refractivity contribution in [3.63, 3.8) is 0 Å². The van der Waals surface area contributed by atoms with Gasteiger partial charge in [-0.3, -0.25) is 9.59 Å². The van der Waals surface area contributed by atoms with Gasteiger partial charge in [-0.15, -0.1) is 0 Å². The molecular weight excluding hydrogens is 632 g/mol. The number of aliphatic hydroxyl groups excluding tert-OH is 10. The first-order valence-electron chi connectivity index (χ1n) is 14.0. The van der Waals surface area contributed by atoms with Crippen LogP contribution < -0.4 is 10.6 Å². The van der Waals surface area contributed by atoms with Crippen molar-refractivity contribution in [2.24, 2.45) is 0 Å². The fourth-order valence-electron chi connectivity index (χ4n) is 4.96. The van der Waals surface area contributed by atoms with Crippen LogP contribution in [0.25, 0.3) is 0 Å². The third-order valence-electron chi connectivity index (χ3n) is 7.41. The van der Waals surface area contributed by atoms with E-state index < -0.39 is 135 Å². The molecule has 0 aromatic carbocycles. The minimum absolute atomic E-state index is 0.0874. The van der Waals surface area contributed by atoms with Gasteiger partial charge in [0.15, 0.2) is 6.29 Å². The van der Waals surface area contributed by atoms with Crippen molar-refractivity contribution in [2.45, 2.75) is 112 Å². The Balaban J connectivity index is 2.35. The van der Waals surface area contributed by atoms with Gasteiger partial charge in [-0.2, -0.15) is 0 Å². The van der Waals surface area contributed by atoms with Crippen LogP contribution in [0.1, 0.15) is 20.3 Å². The molecule has 2 aliphatic rings. The number of carboxylic acid groups (broad SMARTS) is 1. The number of carboxylic acids is 1. The molecule has 2 saturated heterocycles. The summed E-state index contributed by atoms with van der Waals surface area (Å²) in [6.45, 7) is -1.09. The zero-order valence-electron chi connectivity index (χ0n) is 24.7. The fraction of sp³-hybridized carbons (Fsp3) is 0.840. The summed E-state index contributed by atoms with van der Waals surface area (Å²) in [5.41, 5.74) is 0. The number of aliphatic hydroxyl groups is 10. The maximum Gasteiger partial charge on any atom is 0.364 e. The molecule has 13 N–H and O–H groups in total. The monoisotopic (exact) mass is 674 g/mol. The summed E-state index contributed by atoms with van der Waals surface area (Å²) >= 11 is 0. The largest absolute Gasteiger partial charge is 0.477 e. The zero-order valence-corrected chi connectivity index (χ0v) is 24.7. The lowest BCUT2D eigenvalue weighted by atomic mass is 9.88. The lowest BCUT2D eigenvalue weighted by molar-refractivity contribution is -0.348. The Bertz CT molecular complexity index is 1040. The zero-order chi connectivity index (χ0) is 35.1. The Morgan fingerprint density at radius 1 is 0.957 bits per heavy atom. The van der Waals surface area contributed by atoms with Gasteiger partial charge in [0, 0.05) is 20.3 Å². The third kappa shape index (κ3) is 9.32. The third-order valence-corrected chi connectivity index (χ3v) is 7.41. The summed E-state index contributed by atoms with van der Waals surface area (Å²) in [7, 11) is 0. The number of nitrogens with one attached hydrogen (secondary N) is 2. The van der Waals surface area contributed by atoms with Crippen LogP contribution in [-0.4, -0.2) is 191 Å². The predicted octanol–water partition coefficient (Wildman–Crippen LogP) is -8.24. The number of hydrogen-bond donors (Lipinski definition) is 13. The van der Waals surface area contributed by atoms with E-state index in [-0.39, 0.29) is 6.29 Å². The highest BCUT2D eigenvalue weighted by atomic mass is 16.7. The Kier molecular flexibility index (Phi) is 14.7. The molecule has 15 atom stereocenters. The van der Waals surface area contributed by atoms with Gasteiger partial charge >= 0.3 is 5.97 Å². The van der Waals surface area contributed by atoms with Crippen LogP contribution in [0, 0.1) is 0 Å². The van der Waals surface area contributed by atoms with Crippen molar-refractivity contribution in [1.29, 1.82) is 0 Å². The first kappa shape index (κ1) is 39.7. The van der Waals surface area contributed by atoms with Gasteiger partial charge in [0.05, 0.1) is 32.0 Å². The summed E-state index contributed by atoms with van der Waals surface area (Å²) in [6, 6.07) is -3.21. The van der Waals surface area contributed by atoms with E-state index in [2.05, 4.69) is 10.6 Å². The van der Waals surface area contributed by atoms with Gasteiger partial charge < -0.3 is 90.5 Å². The van der Waals surface area contributed by atoms with Crippen molar-refractivity contribution < 1.29 is 94.3 Å². The first-order chi connectivity index (χ1) is 21.4. The van der Waals surface area contributed by atoms with Crippen LogP contribution in [-0.2, 0) is 38.1 Å². The molecule has 0 aromatic rings. The molecule has 2 aliphatic heterocycles. The van der Waals surface area contributed by atoms with Gasteiger partial charge in [0.25, 0.3) is 5.79 Å². The molecule has 2 amide bonds. The highest BCUT2D eigenvalue weighted by Crippen LogP contribution is 2.35. The molecule has 2 rings (SSSR count). The Hall–Kier alpha value is -2.48. The molecule has 0 bridgehead atoms. The maximum absolute atomic E-state index is 12.4. The molecule has 46 heavy (non-hydrogen) atoms. The van der Waals surface area contributed by atoms with Crippen LogP contribution >= 0.6 is 0 Å². The number of ether oxygens (including phenoxy) is 4. The molecule has 0 aliphatic carbocycles. The van der Waals surface area contributed by atoms with E-state index in [1.807, 2.05) is 0 Å². The van der Waals surface area contributed by atoms with Gasteiger partial charge in [-0.25, -0.2) is 4.79 Å². The summed E-state index contributed by atoms with van der Waals surface area (Å²) < 4.78 is 21.6. The average molecular weight is 675 g/mol. The Morgan fingerprint density at radius 3 is 2.07 bits per heavy atom. The number of carbonyl (C=O) groups excluding carboxylic acids is 3. The van der Waals surface area contributed by atoms with Gasteiger partial charge in [0.1, 0.15) is 73.4 Å². The number of aldehydes is 1. The van der Waals surface area contributed by atoms with E-state index in [1.54, 1.807) is 0 Å². The topological polar surface area (TPSA) is 352 Å². The number of rotatable bonds is 16. The van der Waals surface area contributed by atoms with E-state index in [4.69, 9.17) is 18.9 Å². The van der Waals surface area contributed by atoms with Crippen LogP contribution in [0.2, 0.25) is 0 Å². The molecular formula is C25H42N2O19. The van der Waals surface area contributed by atoms with Crippen LogP contribution in [0.3, 0.4) is 0 Å². The van der Waals surface area contributed by atoms with Crippen molar-refractivity contribution in [3.05, 3.63) is 0 Å². The standard InChI is InChI=1S/C25H42N2O19/c1-8(31)26-10(4-28)16(36)21(13(35)6-30)45-23-20(40)19(39)18(38)14(44-23)7-43-25(24(41)42)3-11(33)15(27-9(2)32)22(46-25)17(37)12(34)5-29/h4,10-23,29-30,33-40H,3,5-7H2,1-2H3,(H,26,31)(H,27,32)(H,41,42)/t10-,11-,12+,13+,14+,15+,16+,17+,18-,19-,20+,21+,22+,23-,25?/m0/s1. The van der Waals surface area contributed by atoms with Gasteiger partial charge in [-0.1, -0.05) is 0 Å². The average Bonchev–Trinajstić information content (AvgIpc) is 3.00. The summed E-state index contributed by atoms with van der Waals surface area (Å²) in [6.07, 6.45) is -24.7. The minimum Gasteiger partial charge on any atom is -0.477 e. The summed E-state index contributed by atoms with van der Waals surface area (Å²) in [4.78, 5) is 47.0. The first-order valence-corrected chi connectivity index (χ1v) is 14.0. The van der Waals surface area contributed by atoms with Crippen LogP contribution in [0.4, 0.5) is 0 Å². The van der Waals surface area contributed by atoms with E-state index in [0.29, 0.717) is 0 Å². The SMILES string of the molecule is CC(=O)N[C@H]1[C@H]([C@H](O)[C@H](O)CO)OC(OC[C@H]2O[C@@H](O[C@@H]([C@H](O)[C@H](C=O)NC(C)=O)[C@H](O)CO)[C@H](O)[C@@H](O)[C@H]2O)(C(=O)O)C[C@@H]1O. The summed E-state index contributed by atoms with van der Waals surface area (Å²) in [5.74, 6) is -6.30. The van der Waals surface area contributed by atoms with Crippen molar-refractivity contribution in [1.82, 2.24) is 10.6 Å². The van der Waals surface area contributed by atoms with Gasteiger partial charge in [-0.05, 0) is 0 Å². The number of aliphatic carboxylic acids is 1.